The molecule has 0 unspecified atom stereocenters. The van der Waals surface area contributed by atoms with Crippen LogP contribution in [0.1, 0.15) is 25.8 Å². The summed E-state index contributed by atoms with van der Waals surface area (Å²) in [6.45, 7) is 7.80. The van der Waals surface area contributed by atoms with Gasteiger partial charge >= 0.3 is 0 Å². The fourth-order valence-corrected chi connectivity index (χ4v) is 3.83. The van der Waals surface area contributed by atoms with Gasteiger partial charge in [0, 0.05) is 0 Å². The summed E-state index contributed by atoms with van der Waals surface area (Å²) in [4.78, 5) is 0. The third kappa shape index (κ3) is 3.79. The fraction of sp³-hybridized carbons (Fsp3) is 0.455. The monoisotopic (exact) mass is 370 g/mol. The molecule has 5 nitrogen and oxygen atoms in total. The van der Waals surface area contributed by atoms with Gasteiger partial charge in [-0.15, -0.1) is 6.58 Å². The molecule has 5 heteroatoms. The van der Waals surface area contributed by atoms with Gasteiger partial charge in [-0.2, -0.15) is 0 Å². The Morgan fingerprint density at radius 3 is 2.74 bits per heavy atom. The number of aliphatic hydroxyl groups is 1. The highest BCUT2D eigenvalue weighted by Crippen LogP contribution is 2.40. The predicted molar refractivity (Wildman–Crippen MR) is 102 cm³/mol. The topological polar surface area (TPSA) is 57.2 Å². The molecule has 144 valence electrons. The van der Waals surface area contributed by atoms with Crippen molar-refractivity contribution in [1.29, 1.82) is 0 Å². The molecule has 4 rings (SSSR count). The van der Waals surface area contributed by atoms with Crippen LogP contribution in [0.4, 0.5) is 0 Å². The fourth-order valence-electron chi connectivity index (χ4n) is 3.83. The van der Waals surface area contributed by atoms with E-state index in [9.17, 15) is 5.11 Å². The Labute approximate surface area is 159 Å². The number of benzene rings is 2. The lowest BCUT2D eigenvalue weighted by molar-refractivity contribution is -0.230. The molecular weight excluding hydrogens is 344 g/mol. The summed E-state index contributed by atoms with van der Waals surface area (Å²) in [6, 6.07) is 14.5. The Morgan fingerprint density at radius 2 is 1.96 bits per heavy atom. The highest BCUT2D eigenvalue weighted by atomic mass is 16.8. The van der Waals surface area contributed by atoms with Gasteiger partial charge in [0.05, 0.1) is 12.7 Å². The van der Waals surface area contributed by atoms with E-state index in [-0.39, 0.29) is 6.10 Å². The van der Waals surface area contributed by atoms with Crippen molar-refractivity contribution in [3.8, 4) is 0 Å². The van der Waals surface area contributed by atoms with Crippen LogP contribution in [0.2, 0.25) is 0 Å². The van der Waals surface area contributed by atoms with E-state index in [0.717, 1.165) is 5.56 Å². The lowest BCUT2D eigenvalue weighted by Crippen LogP contribution is -2.42. The van der Waals surface area contributed by atoms with Crippen LogP contribution in [0, 0.1) is 0 Å². The van der Waals surface area contributed by atoms with E-state index in [1.807, 2.05) is 26.0 Å². The summed E-state index contributed by atoms with van der Waals surface area (Å²) in [6.07, 6.45) is -0.467. The molecule has 0 bridgehead atoms. The predicted octanol–water partition coefficient (Wildman–Crippen LogP) is 3.54. The zero-order valence-corrected chi connectivity index (χ0v) is 15.7. The molecule has 2 aromatic carbocycles. The largest absolute Gasteiger partial charge is 0.390 e. The Hall–Kier alpha value is -1.76. The normalized spacial score (nSPS) is 30.3. The van der Waals surface area contributed by atoms with Gasteiger partial charge in [-0.05, 0) is 42.7 Å². The van der Waals surface area contributed by atoms with Crippen molar-refractivity contribution in [3.63, 3.8) is 0 Å². The molecule has 0 aliphatic carbocycles. The maximum Gasteiger partial charge on any atom is 0.190 e. The molecule has 2 aliphatic heterocycles. The van der Waals surface area contributed by atoms with Crippen LogP contribution in [0.3, 0.4) is 0 Å². The van der Waals surface area contributed by atoms with Crippen molar-refractivity contribution in [2.75, 3.05) is 0 Å². The minimum atomic E-state index is -0.728. The number of hydrogen-bond acceptors (Lipinski definition) is 5. The summed E-state index contributed by atoms with van der Waals surface area (Å²) < 4.78 is 23.9. The molecule has 0 saturated carbocycles. The van der Waals surface area contributed by atoms with Gasteiger partial charge in [-0.25, -0.2) is 0 Å². The van der Waals surface area contributed by atoms with Crippen molar-refractivity contribution in [3.05, 3.63) is 60.7 Å². The number of fused-ring (bicyclic) bond motifs is 2. The molecule has 2 fully saturated rings. The van der Waals surface area contributed by atoms with Crippen LogP contribution in [0.15, 0.2) is 55.1 Å². The molecule has 2 heterocycles. The van der Waals surface area contributed by atoms with E-state index < -0.39 is 30.4 Å². The number of aliphatic hydroxyl groups excluding tert-OH is 1. The van der Waals surface area contributed by atoms with E-state index in [4.69, 9.17) is 18.9 Å². The average molecular weight is 370 g/mol. The Balaban J connectivity index is 1.51. The molecule has 0 radical (unpaired) electrons. The first-order chi connectivity index (χ1) is 13.0. The molecule has 2 aliphatic rings. The first-order valence-corrected chi connectivity index (χ1v) is 9.36. The second-order valence-corrected chi connectivity index (χ2v) is 7.62. The summed E-state index contributed by atoms with van der Waals surface area (Å²) in [7, 11) is 0. The standard InChI is InChI=1S/C22H26O5/c1-4-7-17(23)18-19(20-21(25-18)27-22(2,3)26-20)24-13-14-10-11-15-8-5-6-9-16(15)12-14/h4-6,8-12,17-21,23H,1,7,13H2,2-3H3/t17-,18-,19-,20+,21+/m0/s1. The van der Waals surface area contributed by atoms with Gasteiger partial charge in [-0.3, -0.25) is 0 Å². The minimum absolute atomic E-state index is 0.370. The van der Waals surface area contributed by atoms with Gasteiger partial charge in [0.15, 0.2) is 12.1 Å². The lowest BCUT2D eigenvalue weighted by atomic mass is 10.0. The summed E-state index contributed by atoms with van der Waals surface area (Å²) in [5.74, 6) is -0.728. The second kappa shape index (κ2) is 7.34. The quantitative estimate of drug-likeness (QED) is 0.788. The van der Waals surface area contributed by atoms with E-state index in [1.54, 1.807) is 6.08 Å². The zero-order chi connectivity index (χ0) is 19.0. The first kappa shape index (κ1) is 18.6. The van der Waals surface area contributed by atoms with Crippen LogP contribution in [-0.2, 0) is 25.6 Å². The zero-order valence-electron chi connectivity index (χ0n) is 15.7. The Morgan fingerprint density at radius 1 is 1.19 bits per heavy atom. The van der Waals surface area contributed by atoms with Gasteiger partial charge in [0.25, 0.3) is 0 Å². The summed E-state index contributed by atoms with van der Waals surface area (Å²) >= 11 is 0. The maximum atomic E-state index is 10.5. The van der Waals surface area contributed by atoms with Crippen molar-refractivity contribution in [2.24, 2.45) is 0 Å². The van der Waals surface area contributed by atoms with Crippen molar-refractivity contribution < 1.29 is 24.1 Å². The first-order valence-electron chi connectivity index (χ1n) is 9.36. The molecule has 1 N–H and O–H groups in total. The smallest absolute Gasteiger partial charge is 0.190 e. The van der Waals surface area contributed by atoms with Crippen molar-refractivity contribution in [2.45, 2.75) is 63.4 Å². The second-order valence-electron chi connectivity index (χ2n) is 7.62. The summed E-state index contributed by atoms with van der Waals surface area (Å²) in [5.41, 5.74) is 1.06. The molecule has 2 aromatic rings. The highest BCUT2D eigenvalue weighted by molar-refractivity contribution is 5.82. The van der Waals surface area contributed by atoms with Crippen LogP contribution >= 0.6 is 0 Å². The van der Waals surface area contributed by atoms with E-state index in [0.29, 0.717) is 13.0 Å². The third-order valence-corrected chi connectivity index (χ3v) is 5.07. The SMILES string of the molecule is C=CC[C@H](O)[C@@H]1O[C@@H]2OC(C)(C)O[C@@H]2[C@H]1OCc1ccc2ccccc2c1. The average Bonchev–Trinajstić information content (AvgIpc) is 3.12. The molecule has 5 atom stereocenters. The number of ether oxygens (including phenoxy) is 4. The number of rotatable bonds is 6. The van der Waals surface area contributed by atoms with E-state index >= 15 is 0 Å². The Kier molecular flexibility index (Phi) is 5.05. The van der Waals surface area contributed by atoms with Gasteiger partial charge in [-0.1, -0.05) is 42.5 Å². The lowest BCUT2D eigenvalue weighted by Gasteiger charge is -2.28. The highest BCUT2D eigenvalue weighted by Gasteiger charge is 2.56. The molecular formula is C22H26O5. The molecule has 0 amide bonds. The van der Waals surface area contributed by atoms with Gasteiger partial charge < -0.3 is 24.1 Å². The molecule has 0 spiro atoms. The van der Waals surface area contributed by atoms with Gasteiger partial charge in [0.2, 0.25) is 0 Å². The van der Waals surface area contributed by atoms with E-state index in [2.05, 4.69) is 36.9 Å². The van der Waals surface area contributed by atoms with Crippen LogP contribution in [0.25, 0.3) is 10.8 Å². The van der Waals surface area contributed by atoms with Crippen LogP contribution in [-0.4, -0.2) is 41.6 Å². The molecule has 2 saturated heterocycles. The number of hydrogen-bond donors (Lipinski definition) is 1. The molecule has 27 heavy (non-hydrogen) atoms. The van der Waals surface area contributed by atoms with E-state index in [1.165, 1.54) is 10.8 Å². The van der Waals surface area contributed by atoms with Gasteiger partial charge in [0.1, 0.15) is 18.3 Å². The third-order valence-electron chi connectivity index (χ3n) is 5.07. The van der Waals surface area contributed by atoms with Crippen molar-refractivity contribution >= 4 is 10.8 Å². The van der Waals surface area contributed by atoms with Crippen LogP contribution < -0.4 is 0 Å². The van der Waals surface area contributed by atoms with Crippen molar-refractivity contribution in [1.82, 2.24) is 0 Å². The summed E-state index contributed by atoms with van der Waals surface area (Å²) in [5, 5.41) is 12.8. The minimum Gasteiger partial charge on any atom is -0.390 e. The Bertz CT molecular complexity index is 817. The maximum absolute atomic E-state index is 10.5. The van der Waals surface area contributed by atoms with Crippen LogP contribution in [0.5, 0.6) is 0 Å². The molecule has 0 aromatic heterocycles.